The molecule has 0 rings (SSSR count). The normalized spacial score (nSPS) is 13.8. The molecule has 0 heterocycles. The maximum absolute atomic E-state index is 9.54. The molecule has 0 aliphatic rings. The monoisotopic (exact) mass is 227 g/mol. The summed E-state index contributed by atoms with van der Waals surface area (Å²) in [5, 5.41) is 12.6. The summed E-state index contributed by atoms with van der Waals surface area (Å²) >= 11 is 0. The van der Waals surface area contributed by atoms with Crippen LogP contribution in [0.3, 0.4) is 0 Å². The van der Waals surface area contributed by atoms with Gasteiger partial charge in [0.25, 0.3) is 0 Å². The Hall–Kier alpha value is -0.340. The fourth-order valence-electron chi connectivity index (χ4n) is 1.52. The number of hydrogen-bond donors (Lipinski definition) is 2. The smallest absolute Gasteiger partial charge is 0.124 e. The van der Waals surface area contributed by atoms with E-state index in [-0.39, 0.29) is 0 Å². The Morgan fingerprint density at radius 3 is 2.44 bits per heavy atom. The molecule has 0 spiro atoms. The largest absolute Gasteiger partial charge is 0.375 e. The van der Waals surface area contributed by atoms with E-state index in [1.54, 1.807) is 0 Å². The van der Waals surface area contributed by atoms with Gasteiger partial charge in [0, 0.05) is 6.54 Å². The van der Waals surface area contributed by atoms with E-state index in [0.29, 0.717) is 5.92 Å². The van der Waals surface area contributed by atoms with E-state index in [4.69, 9.17) is 0 Å². The van der Waals surface area contributed by atoms with Gasteiger partial charge in [-0.15, -0.1) is 0 Å². The van der Waals surface area contributed by atoms with Gasteiger partial charge in [-0.1, -0.05) is 52.5 Å². The van der Waals surface area contributed by atoms with E-state index >= 15 is 0 Å². The summed E-state index contributed by atoms with van der Waals surface area (Å²) < 4.78 is 0. The highest BCUT2D eigenvalue weighted by Gasteiger charge is 1.98. The number of aliphatic hydroxyl groups excluding tert-OH is 1. The fraction of sp³-hybridized carbons (Fsp3) is 0.857. The zero-order chi connectivity index (χ0) is 12.2. The van der Waals surface area contributed by atoms with Crippen LogP contribution < -0.4 is 5.32 Å². The van der Waals surface area contributed by atoms with Gasteiger partial charge in [-0.3, -0.25) is 5.32 Å². The van der Waals surface area contributed by atoms with Gasteiger partial charge in [0.05, 0.1) is 0 Å². The van der Waals surface area contributed by atoms with Crippen LogP contribution in [-0.2, 0) is 0 Å². The Labute approximate surface area is 101 Å². The molecule has 0 saturated heterocycles. The van der Waals surface area contributed by atoms with Gasteiger partial charge < -0.3 is 5.11 Å². The van der Waals surface area contributed by atoms with Crippen molar-refractivity contribution in [3.8, 4) is 0 Å². The van der Waals surface area contributed by atoms with Crippen LogP contribution in [0, 0.1) is 5.92 Å². The van der Waals surface area contributed by atoms with Crippen LogP contribution in [0.1, 0.15) is 59.3 Å². The van der Waals surface area contributed by atoms with Crippen molar-refractivity contribution in [2.45, 2.75) is 65.5 Å². The van der Waals surface area contributed by atoms with Gasteiger partial charge in [0.1, 0.15) is 6.23 Å². The molecule has 0 aliphatic carbocycles. The molecule has 0 aromatic heterocycles. The standard InChI is InChI=1S/C14H29NO/c1-4-5-6-7-8-9-10-11-14(16)15-12-13(2)3/h10-11,13-16H,4-9,12H2,1-3H3/b11-10+. The lowest BCUT2D eigenvalue weighted by atomic mass is 10.1. The van der Waals surface area contributed by atoms with E-state index in [2.05, 4.69) is 32.2 Å². The molecule has 1 unspecified atom stereocenters. The molecule has 0 aromatic carbocycles. The molecule has 2 nitrogen and oxygen atoms in total. The van der Waals surface area contributed by atoms with E-state index in [1.165, 1.54) is 32.1 Å². The number of nitrogens with one attached hydrogen (secondary N) is 1. The number of aliphatic hydroxyl groups is 1. The van der Waals surface area contributed by atoms with Crippen molar-refractivity contribution in [2.75, 3.05) is 6.54 Å². The summed E-state index contributed by atoms with van der Waals surface area (Å²) in [7, 11) is 0. The number of unbranched alkanes of at least 4 members (excludes halogenated alkanes) is 5. The van der Waals surface area contributed by atoms with E-state index in [0.717, 1.165) is 13.0 Å². The molecule has 96 valence electrons. The Balaban J connectivity index is 3.31. The second-order valence-electron chi connectivity index (χ2n) is 4.88. The summed E-state index contributed by atoms with van der Waals surface area (Å²) in [6.45, 7) is 7.37. The second-order valence-corrected chi connectivity index (χ2v) is 4.88. The second kappa shape index (κ2) is 11.2. The minimum absolute atomic E-state index is 0.474. The molecule has 0 aromatic rings. The first-order valence-electron chi connectivity index (χ1n) is 6.75. The average molecular weight is 227 g/mol. The van der Waals surface area contributed by atoms with Crippen LogP contribution in [-0.4, -0.2) is 17.9 Å². The lowest BCUT2D eigenvalue weighted by Crippen LogP contribution is -2.30. The molecule has 2 heteroatoms. The zero-order valence-corrected chi connectivity index (χ0v) is 11.2. The van der Waals surface area contributed by atoms with Crippen LogP contribution in [0.25, 0.3) is 0 Å². The first kappa shape index (κ1) is 15.7. The molecule has 0 saturated carbocycles. The molecule has 0 fully saturated rings. The highest BCUT2D eigenvalue weighted by atomic mass is 16.3. The average Bonchev–Trinajstić information content (AvgIpc) is 2.25. The maximum atomic E-state index is 9.54. The van der Waals surface area contributed by atoms with Crippen LogP contribution >= 0.6 is 0 Å². The highest BCUT2D eigenvalue weighted by molar-refractivity contribution is 4.87. The molecule has 1 atom stereocenters. The van der Waals surface area contributed by atoms with Gasteiger partial charge in [0.2, 0.25) is 0 Å². The van der Waals surface area contributed by atoms with Crippen molar-refractivity contribution < 1.29 is 5.11 Å². The SMILES string of the molecule is CCCCCCC/C=C/C(O)NCC(C)C. The minimum atomic E-state index is -0.474. The van der Waals surface area contributed by atoms with Crippen LogP contribution in [0.15, 0.2) is 12.2 Å². The summed E-state index contributed by atoms with van der Waals surface area (Å²) in [4.78, 5) is 0. The zero-order valence-electron chi connectivity index (χ0n) is 11.2. The topological polar surface area (TPSA) is 32.3 Å². The highest BCUT2D eigenvalue weighted by Crippen LogP contribution is 2.05. The molecule has 2 N–H and O–H groups in total. The molecule has 0 aliphatic heterocycles. The molecule has 0 radical (unpaired) electrons. The number of allylic oxidation sites excluding steroid dienone is 1. The fourth-order valence-corrected chi connectivity index (χ4v) is 1.52. The third kappa shape index (κ3) is 11.7. The van der Waals surface area contributed by atoms with Crippen LogP contribution in [0.2, 0.25) is 0 Å². The maximum Gasteiger partial charge on any atom is 0.124 e. The molecular weight excluding hydrogens is 198 g/mol. The van der Waals surface area contributed by atoms with Gasteiger partial charge in [0.15, 0.2) is 0 Å². The molecule has 0 amide bonds. The summed E-state index contributed by atoms with van der Waals surface area (Å²) in [5.74, 6) is 0.581. The predicted molar refractivity (Wildman–Crippen MR) is 71.4 cm³/mol. The van der Waals surface area contributed by atoms with Crippen molar-refractivity contribution in [1.29, 1.82) is 0 Å². The first-order chi connectivity index (χ1) is 7.66. The van der Waals surface area contributed by atoms with Gasteiger partial charge >= 0.3 is 0 Å². The van der Waals surface area contributed by atoms with Crippen molar-refractivity contribution in [2.24, 2.45) is 5.92 Å². The van der Waals surface area contributed by atoms with E-state index < -0.39 is 6.23 Å². The lowest BCUT2D eigenvalue weighted by molar-refractivity contribution is 0.179. The van der Waals surface area contributed by atoms with Crippen LogP contribution in [0.4, 0.5) is 0 Å². The first-order valence-corrected chi connectivity index (χ1v) is 6.75. The predicted octanol–water partition coefficient (Wildman–Crippen LogP) is 3.47. The summed E-state index contributed by atoms with van der Waals surface area (Å²) in [5.41, 5.74) is 0. The molecular formula is C14H29NO. The van der Waals surface area contributed by atoms with Crippen molar-refractivity contribution in [3.05, 3.63) is 12.2 Å². The number of rotatable bonds is 10. The third-order valence-electron chi connectivity index (χ3n) is 2.53. The Morgan fingerprint density at radius 1 is 1.12 bits per heavy atom. The van der Waals surface area contributed by atoms with E-state index in [9.17, 15) is 5.11 Å². The van der Waals surface area contributed by atoms with Crippen molar-refractivity contribution >= 4 is 0 Å². The molecule has 16 heavy (non-hydrogen) atoms. The summed E-state index contributed by atoms with van der Waals surface area (Å²) in [6.07, 6.45) is 11.1. The third-order valence-corrected chi connectivity index (χ3v) is 2.53. The van der Waals surface area contributed by atoms with Crippen molar-refractivity contribution in [3.63, 3.8) is 0 Å². The molecule has 0 bridgehead atoms. The minimum Gasteiger partial charge on any atom is -0.375 e. The van der Waals surface area contributed by atoms with Crippen molar-refractivity contribution in [1.82, 2.24) is 5.32 Å². The van der Waals surface area contributed by atoms with Gasteiger partial charge in [-0.05, 0) is 24.8 Å². The van der Waals surface area contributed by atoms with E-state index in [1.807, 2.05) is 6.08 Å². The lowest BCUT2D eigenvalue weighted by Gasteiger charge is -2.10. The van der Waals surface area contributed by atoms with Gasteiger partial charge in [-0.25, -0.2) is 0 Å². The Morgan fingerprint density at radius 2 is 1.81 bits per heavy atom. The Kier molecular flexibility index (Phi) is 10.9. The number of hydrogen-bond acceptors (Lipinski definition) is 2. The van der Waals surface area contributed by atoms with Gasteiger partial charge in [-0.2, -0.15) is 0 Å². The Bertz CT molecular complexity index is 166. The van der Waals surface area contributed by atoms with Crippen LogP contribution in [0.5, 0.6) is 0 Å². The summed E-state index contributed by atoms with van der Waals surface area (Å²) in [6, 6.07) is 0. The quantitative estimate of drug-likeness (QED) is 0.340.